The van der Waals surface area contributed by atoms with Crippen molar-refractivity contribution < 1.29 is 4.21 Å². The summed E-state index contributed by atoms with van der Waals surface area (Å²) in [6.45, 7) is 1.90. The van der Waals surface area contributed by atoms with Gasteiger partial charge in [-0.3, -0.25) is 9.19 Å². The fourth-order valence-electron chi connectivity index (χ4n) is 2.66. The van der Waals surface area contributed by atoms with Crippen LogP contribution in [0.1, 0.15) is 17.9 Å². The van der Waals surface area contributed by atoms with Gasteiger partial charge in [-0.2, -0.15) is 0 Å². The summed E-state index contributed by atoms with van der Waals surface area (Å²) in [5.41, 5.74) is 2.54. The molecule has 0 saturated heterocycles. The van der Waals surface area contributed by atoms with Crippen LogP contribution in [0.3, 0.4) is 0 Å². The smallest absolute Gasteiger partial charge is 0.198 e. The second-order valence-corrected chi connectivity index (χ2v) is 7.14. The van der Waals surface area contributed by atoms with Gasteiger partial charge in [-0.25, -0.2) is 4.98 Å². The molecular weight excluding hydrogens is 306 g/mol. The Kier molecular flexibility index (Phi) is 3.42. The number of rotatable bonds is 3. The van der Waals surface area contributed by atoms with Crippen LogP contribution in [-0.4, -0.2) is 19.2 Å². The van der Waals surface area contributed by atoms with Crippen molar-refractivity contribution in [3.8, 4) is 0 Å². The van der Waals surface area contributed by atoms with E-state index in [1.165, 1.54) is 0 Å². The first-order chi connectivity index (χ1) is 11.2. The normalized spacial score (nSPS) is 14.1. The van der Waals surface area contributed by atoms with Crippen LogP contribution >= 0.6 is 0 Å². The highest BCUT2D eigenvalue weighted by Crippen LogP contribution is 2.26. The van der Waals surface area contributed by atoms with Crippen molar-refractivity contribution in [3.05, 3.63) is 66.5 Å². The summed E-state index contributed by atoms with van der Waals surface area (Å²) in [5.74, 6) is 0. The molecule has 4 nitrogen and oxygen atoms in total. The molecule has 4 aromatic rings. The van der Waals surface area contributed by atoms with Crippen molar-refractivity contribution in [1.29, 1.82) is 0 Å². The molecule has 5 heteroatoms. The van der Waals surface area contributed by atoms with E-state index in [4.69, 9.17) is 0 Å². The molecule has 2 heterocycles. The van der Waals surface area contributed by atoms with Crippen molar-refractivity contribution in [2.75, 3.05) is 0 Å². The molecule has 0 aliphatic carbocycles. The van der Waals surface area contributed by atoms with Gasteiger partial charge >= 0.3 is 0 Å². The summed E-state index contributed by atoms with van der Waals surface area (Å²) in [5, 5.41) is 2.54. The van der Waals surface area contributed by atoms with Gasteiger partial charge in [0.05, 0.1) is 32.8 Å². The van der Waals surface area contributed by atoms with Crippen LogP contribution in [0.25, 0.3) is 21.8 Å². The minimum atomic E-state index is -1.28. The van der Waals surface area contributed by atoms with Crippen molar-refractivity contribution >= 4 is 32.6 Å². The third-order valence-corrected chi connectivity index (χ3v) is 5.40. The number of hydrogen-bond acceptors (Lipinski definition) is 3. The Morgan fingerprint density at radius 2 is 1.78 bits per heavy atom. The average Bonchev–Trinajstić information content (AvgIpc) is 3.02. The summed E-state index contributed by atoms with van der Waals surface area (Å²) < 4.78 is 12.8. The van der Waals surface area contributed by atoms with E-state index in [2.05, 4.69) is 27.1 Å². The highest BCUT2D eigenvalue weighted by Gasteiger charge is 2.20. The second kappa shape index (κ2) is 5.59. The van der Waals surface area contributed by atoms with Crippen LogP contribution in [0.15, 0.2) is 66.0 Å². The number of benzene rings is 2. The Bertz CT molecular complexity index is 958. The third kappa shape index (κ3) is 2.53. The number of nitrogens with zero attached hydrogens (tertiary/aromatic N) is 2. The molecule has 2 atom stereocenters. The lowest BCUT2D eigenvalue weighted by atomic mass is 10.1. The second-order valence-electron chi connectivity index (χ2n) is 5.45. The van der Waals surface area contributed by atoms with Gasteiger partial charge in [-0.05, 0) is 42.0 Å². The maximum absolute atomic E-state index is 12.8. The first-order valence-corrected chi connectivity index (χ1v) is 8.64. The summed E-state index contributed by atoms with van der Waals surface area (Å²) in [7, 11) is -1.28. The topological polar surface area (TPSA) is 58.6 Å². The van der Waals surface area contributed by atoms with E-state index in [-0.39, 0.29) is 5.25 Å². The molecule has 1 N–H and O–H groups in total. The number of imidazole rings is 1. The van der Waals surface area contributed by atoms with Gasteiger partial charge in [-0.15, -0.1) is 0 Å². The lowest BCUT2D eigenvalue weighted by Crippen LogP contribution is -2.06. The fourth-order valence-corrected chi connectivity index (χ4v) is 3.75. The molecule has 0 radical (unpaired) electrons. The van der Waals surface area contributed by atoms with Crippen molar-refractivity contribution in [2.24, 2.45) is 0 Å². The monoisotopic (exact) mass is 321 g/mol. The molecule has 0 spiro atoms. The molecule has 4 rings (SSSR count). The van der Waals surface area contributed by atoms with Gasteiger partial charge in [-0.1, -0.05) is 30.3 Å². The van der Waals surface area contributed by atoms with Gasteiger partial charge < -0.3 is 4.98 Å². The zero-order chi connectivity index (χ0) is 15.8. The van der Waals surface area contributed by atoms with Crippen molar-refractivity contribution in [3.63, 3.8) is 0 Å². The van der Waals surface area contributed by atoms with Crippen LogP contribution in [-0.2, 0) is 10.8 Å². The van der Waals surface area contributed by atoms with Gasteiger partial charge in [0.25, 0.3) is 0 Å². The Morgan fingerprint density at radius 3 is 2.52 bits per heavy atom. The standard InChI is InChI=1S/C18H15N3OS/c1-12(15-8-4-5-9-19-15)23(22)18-20-16-10-13-6-2-3-7-14(13)11-17(16)21-18/h2-12H,1H3,(H,20,21). The predicted octanol–water partition coefficient (Wildman–Crippen LogP) is 3.98. The highest BCUT2D eigenvalue weighted by molar-refractivity contribution is 7.85. The van der Waals surface area contributed by atoms with Crippen molar-refractivity contribution in [1.82, 2.24) is 15.0 Å². The summed E-state index contributed by atoms with van der Waals surface area (Å²) in [4.78, 5) is 12.0. The minimum Gasteiger partial charge on any atom is -0.331 e. The highest BCUT2D eigenvalue weighted by atomic mass is 32.2. The molecule has 2 aromatic carbocycles. The molecule has 0 aliphatic rings. The Morgan fingerprint density at radius 1 is 1.04 bits per heavy atom. The van der Waals surface area contributed by atoms with Crippen LogP contribution in [0.2, 0.25) is 0 Å². The molecule has 0 saturated carbocycles. The van der Waals surface area contributed by atoms with Crippen LogP contribution < -0.4 is 0 Å². The summed E-state index contributed by atoms with van der Waals surface area (Å²) in [6.07, 6.45) is 1.72. The van der Waals surface area contributed by atoms with Crippen LogP contribution in [0, 0.1) is 0 Å². The van der Waals surface area contributed by atoms with E-state index in [1.54, 1.807) is 6.20 Å². The lowest BCUT2D eigenvalue weighted by Gasteiger charge is -2.08. The first-order valence-electron chi connectivity index (χ1n) is 7.42. The van der Waals surface area contributed by atoms with Gasteiger partial charge in [0.15, 0.2) is 5.16 Å². The molecule has 0 bridgehead atoms. The van der Waals surface area contributed by atoms with Crippen LogP contribution in [0.5, 0.6) is 0 Å². The number of pyridine rings is 1. The molecule has 0 fully saturated rings. The Hall–Kier alpha value is -2.53. The molecule has 0 aliphatic heterocycles. The third-order valence-electron chi connectivity index (χ3n) is 3.94. The molecule has 2 aromatic heterocycles. The number of hydrogen-bond donors (Lipinski definition) is 1. The SMILES string of the molecule is CC(c1ccccn1)S(=O)c1nc2cc3ccccc3cc2[nH]1. The lowest BCUT2D eigenvalue weighted by molar-refractivity contribution is 0.669. The number of aromatic nitrogens is 3. The van der Waals surface area contributed by atoms with E-state index in [0.717, 1.165) is 27.5 Å². The van der Waals surface area contributed by atoms with E-state index in [0.29, 0.717) is 5.16 Å². The quantitative estimate of drug-likeness (QED) is 0.621. The van der Waals surface area contributed by atoms with E-state index >= 15 is 0 Å². The van der Waals surface area contributed by atoms with Gasteiger partial charge in [0.1, 0.15) is 0 Å². The molecule has 23 heavy (non-hydrogen) atoms. The van der Waals surface area contributed by atoms with E-state index in [9.17, 15) is 4.21 Å². The van der Waals surface area contributed by atoms with Gasteiger partial charge in [0, 0.05) is 6.20 Å². The molecule has 2 unspecified atom stereocenters. The fraction of sp³-hybridized carbons (Fsp3) is 0.111. The molecule has 0 amide bonds. The number of aromatic amines is 1. The van der Waals surface area contributed by atoms with Crippen LogP contribution in [0.4, 0.5) is 0 Å². The maximum atomic E-state index is 12.8. The maximum Gasteiger partial charge on any atom is 0.198 e. The summed E-state index contributed by atoms with van der Waals surface area (Å²) in [6, 6.07) is 17.8. The largest absolute Gasteiger partial charge is 0.331 e. The van der Waals surface area contributed by atoms with Gasteiger partial charge in [0.2, 0.25) is 0 Å². The zero-order valence-corrected chi connectivity index (χ0v) is 13.4. The zero-order valence-electron chi connectivity index (χ0n) is 12.6. The van der Waals surface area contributed by atoms with E-state index < -0.39 is 10.8 Å². The Balaban J connectivity index is 1.76. The molecule has 114 valence electrons. The minimum absolute atomic E-state index is 0.217. The number of nitrogens with one attached hydrogen (secondary N) is 1. The Labute approximate surface area is 136 Å². The average molecular weight is 321 g/mol. The van der Waals surface area contributed by atoms with Crippen molar-refractivity contribution in [2.45, 2.75) is 17.3 Å². The molecular formula is C18H15N3OS. The number of H-pyrrole nitrogens is 1. The number of fused-ring (bicyclic) bond motifs is 2. The predicted molar refractivity (Wildman–Crippen MR) is 92.7 cm³/mol. The first kappa shape index (κ1) is 14.1. The summed E-state index contributed by atoms with van der Waals surface area (Å²) >= 11 is 0. The van der Waals surface area contributed by atoms with E-state index in [1.807, 2.05) is 49.4 Å².